The minimum Gasteiger partial charge on any atom is -0.494 e. The maximum Gasteiger partial charge on any atom is 0.188 e. The fourth-order valence-electron chi connectivity index (χ4n) is 2.33. The van der Waals surface area contributed by atoms with Crippen LogP contribution in [0, 0.1) is 13.8 Å². The summed E-state index contributed by atoms with van der Waals surface area (Å²) in [5, 5.41) is 7.15. The molecule has 0 radical (unpaired) electrons. The van der Waals surface area contributed by atoms with Crippen molar-refractivity contribution in [2.75, 3.05) is 23.0 Å². The van der Waals surface area contributed by atoms with E-state index in [9.17, 15) is 0 Å². The normalized spacial score (nSPS) is 10.6. The van der Waals surface area contributed by atoms with Crippen molar-refractivity contribution in [1.29, 1.82) is 0 Å². The van der Waals surface area contributed by atoms with Gasteiger partial charge in [-0.1, -0.05) is 13.3 Å². The van der Waals surface area contributed by atoms with E-state index in [-0.39, 0.29) is 0 Å². The molecule has 0 saturated heterocycles. The van der Waals surface area contributed by atoms with Gasteiger partial charge in [-0.05, 0) is 44.5 Å². The molecule has 142 valence electrons. The van der Waals surface area contributed by atoms with Crippen LogP contribution in [0.3, 0.4) is 0 Å². The Bertz CT molecular complexity index is 874. The molecule has 8 heteroatoms. The number of nitrogens with one attached hydrogen (secondary N) is 2. The van der Waals surface area contributed by atoms with Crippen molar-refractivity contribution in [3.8, 4) is 5.75 Å². The number of ether oxygens (including phenoxy) is 1. The molecule has 0 unspecified atom stereocenters. The number of aryl methyl sites for hydroxylation is 2. The molecule has 0 spiro atoms. The van der Waals surface area contributed by atoms with Gasteiger partial charge in [0.15, 0.2) is 16.8 Å². The highest BCUT2D eigenvalue weighted by molar-refractivity contribution is 7.15. The predicted molar refractivity (Wildman–Crippen MR) is 111 cm³/mol. The fraction of sp³-hybridized carbons (Fsp3) is 0.316. The number of hydrogen-bond acceptors (Lipinski definition) is 8. The minimum atomic E-state index is 0.436. The molecule has 27 heavy (non-hydrogen) atoms. The molecule has 2 aromatic heterocycles. The van der Waals surface area contributed by atoms with Gasteiger partial charge >= 0.3 is 0 Å². The summed E-state index contributed by atoms with van der Waals surface area (Å²) in [5.41, 5.74) is 8.54. The van der Waals surface area contributed by atoms with Crippen LogP contribution in [0.5, 0.6) is 5.75 Å². The number of thiazole rings is 1. The fourth-order valence-corrected chi connectivity index (χ4v) is 3.14. The quantitative estimate of drug-likeness (QED) is 0.480. The van der Waals surface area contributed by atoms with Crippen molar-refractivity contribution in [1.82, 2.24) is 15.0 Å². The zero-order valence-corrected chi connectivity index (χ0v) is 16.6. The number of anilines is 5. The van der Waals surface area contributed by atoms with Gasteiger partial charge in [-0.2, -0.15) is 0 Å². The number of nitrogens with zero attached hydrogens (tertiary/aromatic N) is 3. The molecule has 3 aromatic rings. The second kappa shape index (κ2) is 8.68. The van der Waals surface area contributed by atoms with Crippen LogP contribution in [-0.4, -0.2) is 21.6 Å². The van der Waals surface area contributed by atoms with E-state index in [1.807, 2.05) is 38.1 Å². The number of unbranched alkanes of at least 4 members (excludes halogenated alkanes) is 1. The molecular formula is C19H24N6OS. The van der Waals surface area contributed by atoms with Gasteiger partial charge in [-0.25, -0.2) is 15.0 Å². The van der Waals surface area contributed by atoms with Crippen LogP contribution < -0.4 is 21.1 Å². The lowest BCUT2D eigenvalue weighted by atomic mass is 10.3. The van der Waals surface area contributed by atoms with Crippen LogP contribution in [0.1, 0.15) is 30.3 Å². The van der Waals surface area contributed by atoms with Crippen molar-refractivity contribution in [2.24, 2.45) is 0 Å². The largest absolute Gasteiger partial charge is 0.494 e. The first-order valence-electron chi connectivity index (χ1n) is 8.88. The Morgan fingerprint density at radius 1 is 1.07 bits per heavy atom. The number of rotatable bonds is 8. The molecule has 0 saturated carbocycles. The highest BCUT2D eigenvalue weighted by Gasteiger charge is 2.11. The predicted octanol–water partition coefficient (Wildman–Crippen LogP) is 4.80. The molecule has 2 heterocycles. The monoisotopic (exact) mass is 384 g/mol. The lowest BCUT2D eigenvalue weighted by molar-refractivity contribution is 0.309. The first kappa shape index (κ1) is 18.9. The number of aromatic nitrogens is 3. The molecule has 0 aliphatic heterocycles. The van der Waals surface area contributed by atoms with E-state index in [1.54, 1.807) is 11.3 Å². The zero-order valence-electron chi connectivity index (χ0n) is 15.7. The Hall–Kier alpha value is -2.87. The maximum absolute atomic E-state index is 6.24. The SMILES string of the molecule is CCCCOc1ccc(Nc2ncnc(Nc3nc(C)c(C)s3)c2N)cc1. The summed E-state index contributed by atoms with van der Waals surface area (Å²) in [6.45, 7) is 6.88. The highest BCUT2D eigenvalue weighted by Crippen LogP contribution is 2.30. The molecule has 7 nitrogen and oxygen atoms in total. The number of hydrogen-bond donors (Lipinski definition) is 3. The second-order valence-corrected chi connectivity index (χ2v) is 7.32. The highest BCUT2D eigenvalue weighted by atomic mass is 32.1. The lowest BCUT2D eigenvalue weighted by Gasteiger charge is -2.12. The second-order valence-electron chi connectivity index (χ2n) is 6.12. The zero-order chi connectivity index (χ0) is 19.2. The summed E-state index contributed by atoms with van der Waals surface area (Å²) in [4.78, 5) is 14.1. The molecule has 1 aromatic carbocycles. The number of nitrogens with two attached hydrogens (primary N) is 1. The molecular weight excluding hydrogens is 360 g/mol. The molecule has 4 N–H and O–H groups in total. The van der Waals surface area contributed by atoms with Crippen LogP contribution in [0.4, 0.5) is 28.1 Å². The van der Waals surface area contributed by atoms with Crippen molar-refractivity contribution >= 4 is 39.5 Å². The summed E-state index contributed by atoms with van der Waals surface area (Å²) in [6, 6.07) is 7.72. The topological polar surface area (TPSA) is 98.0 Å². The van der Waals surface area contributed by atoms with Crippen LogP contribution in [0.25, 0.3) is 0 Å². The Labute approximate surface area is 163 Å². The van der Waals surface area contributed by atoms with Crippen LogP contribution >= 0.6 is 11.3 Å². The average molecular weight is 385 g/mol. The number of benzene rings is 1. The minimum absolute atomic E-state index is 0.436. The van der Waals surface area contributed by atoms with Gasteiger partial charge in [0.25, 0.3) is 0 Å². The summed E-state index contributed by atoms with van der Waals surface area (Å²) < 4.78 is 5.68. The van der Waals surface area contributed by atoms with Crippen molar-refractivity contribution in [3.63, 3.8) is 0 Å². The smallest absolute Gasteiger partial charge is 0.188 e. The first-order valence-corrected chi connectivity index (χ1v) is 9.70. The lowest BCUT2D eigenvalue weighted by Crippen LogP contribution is -2.05. The third-order valence-corrected chi connectivity index (χ3v) is 5.01. The molecule has 0 amide bonds. The summed E-state index contributed by atoms with van der Waals surface area (Å²) in [7, 11) is 0. The van der Waals surface area contributed by atoms with E-state index in [2.05, 4.69) is 32.5 Å². The van der Waals surface area contributed by atoms with Crippen molar-refractivity contribution in [2.45, 2.75) is 33.6 Å². The molecule has 0 atom stereocenters. The Morgan fingerprint density at radius 2 is 1.78 bits per heavy atom. The van der Waals surface area contributed by atoms with E-state index >= 15 is 0 Å². The van der Waals surface area contributed by atoms with Gasteiger partial charge in [-0.15, -0.1) is 11.3 Å². The summed E-state index contributed by atoms with van der Waals surface area (Å²) >= 11 is 1.56. The van der Waals surface area contributed by atoms with Crippen LogP contribution in [-0.2, 0) is 0 Å². The van der Waals surface area contributed by atoms with Crippen molar-refractivity contribution in [3.05, 3.63) is 41.2 Å². The summed E-state index contributed by atoms with van der Waals surface area (Å²) in [5.74, 6) is 1.92. The molecule has 0 bridgehead atoms. The van der Waals surface area contributed by atoms with Gasteiger partial charge in [0.05, 0.1) is 12.3 Å². The average Bonchev–Trinajstić information content (AvgIpc) is 2.97. The molecule has 0 fully saturated rings. The third kappa shape index (κ3) is 4.85. The van der Waals surface area contributed by atoms with Gasteiger partial charge in [-0.3, -0.25) is 0 Å². The van der Waals surface area contributed by atoms with Gasteiger partial charge in [0, 0.05) is 10.6 Å². The Balaban J connectivity index is 1.70. The van der Waals surface area contributed by atoms with E-state index in [1.165, 1.54) is 6.33 Å². The standard InChI is InChI=1S/C19H24N6OS/c1-4-5-10-26-15-8-6-14(7-9-15)24-17-16(20)18(22-11-21-17)25-19-23-12(2)13(3)27-19/h6-9,11H,4-5,10,20H2,1-3H3,(H2,21,22,23,24,25). The van der Waals surface area contributed by atoms with Crippen molar-refractivity contribution < 1.29 is 4.74 Å². The third-order valence-electron chi connectivity index (χ3n) is 4.02. The van der Waals surface area contributed by atoms with E-state index in [0.29, 0.717) is 17.3 Å². The van der Waals surface area contributed by atoms with Crippen LogP contribution in [0.15, 0.2) is 30.6 Å². The van der Waals surface area contributed by atoms with Crippen LogP contribution in [0.2, 0.25) is 0 Å². The summed E-state index contributed by atoms with van der Waals surface area (Å²) in [6.07, 6.45) is 3.63. The molecule has 0 aliphatic rings. The first-order chi connectivity index (χ1) is 13.1. The van der Waals surface area contributed by atoms with E-state index in [0.717, 1.165) is 46.6 Å². The van der Waals surface area contributed by atoms with E-state index < -0.39 is 0 Å². The van der Waals surface area contributed by atoms with Gasteiger partial charge < -0.3 is 21.1 Å². The van der Waals surface area contributed by atoms with E-state index in [4.69, 9.17) is 10.5 Å². The van der Waals surface area contributed by atoms with Gasteiger partial charge in [0.2, 0.25) is 0 Å². The maximum atomic E-state index is 6.24. The molecule has 0 aliphatic carbocycles. The number of nitrogen functional groups attached to an aromatic ring is 1. The Morgan fingerprint density at radius 3 is 2.41 bits per heavy atom. The van der Waals surface area contributed by atoms with Gasteiger partial charge in [0.1, 0.15) is 17.8 Å². The Kier molecular flexibility index (Phi) is 6.08. The molecule has 3 rings (SSSR count).